The molecule has 2 aliphatic heterocycles. The molecule has 33 heavy (non-hydrogen) atoms. The SMILES string of the molecule is C=C/C=C(\C=C)CN1CCC(COC(=O)N2CCC(F)(CNC3CC3)CC2)CC1.C=CC=C. The predicted octanol–water partition coefficient (Wildman–Crippen LogP) is 5.05. The first-order valence-corrected chi connectivity index (χ1v) is 12.2. The number of hydrogen-bond donors (Lipinski definition) is 1. The molecule has 3 fully saturated rings. The first kappa shape index (κ1) is 27.1. The van der Waals surface area contributed by atoms with Crippen molar-refractivity contribution in [3.05, 3.63) is 62.3 Å². The number of likely N-dealkylation sites (tertiary alicyclic amines) is 2. The summed E-state index contributed by atoms with van der Waals surface area (Å²) in [4.78, 5) is 16.4. The van der Waals surface area contributed by atoms with Crippen molar-refractivity contribution in [1.82, 2.24) is 15.1 Å². The van der Waals surface area contributed by atoms with E-state index in [1.165, 1.54) is 5.57 Å². The van der Waals surface area contributed by atoms with Crippen LogP contribution in [0.3, 0.4) is 0 Å². The van der Waals surface area contributed by atoms with Crippen LogP contribution in [0.5, 0.6) is 0 Å². The molecular weight excluding hydrogens is 417 g/mol. The molecule has 6 heteroatoms. The Labute approximate surface area is 199 Å². The number of nitrogens with one attached hydrogen (secondary N) is 1. The Kier molecular flexibility index (Phi) is 11.6. The topological polar surface area (TPSA) is 44.8 Å². The minimum Gasteiger partial charge on any atom is -0.449 e. The second-order valence-corrected chi connectivity index (χ2v) is 9.24. The zero-order valence-electron chi connectivity index (χ0n) is 20.2. The maximum absolute atomic E-state index is 14.8. The van der Waals surface area contributed by atoms with Gasteiger partial charge >= 0.3 is 6.09 Å². The van der Waals surface area contributed by atoms with Gasteiger partial charge in [-0.15, -0.1) is 0 Å². The van der Waals surface area contributed by atoms with Gasteiger partial charge in [-0.25, -0.2) is 9.18 Å². The van der Waals surface area contributed by atoms with Gasteiger partial charge in [-0.3, -0.25) is 4.90 Å². The molecule has 0 spiro atoms. The highest BCUT2D eigenvalue weighted by molar-refractivity contribution is 5.67. The smallest absolute Gasteiger partial charge is 0.409 e. The number of piperidine rings is 2. The molecule has 1 N–H and O–H groups in total. The molecule has 0 aromatic heterocycles. The Morgan fingerprint density at radius 3 is 2.15 bits per heavy atom. The van der Waals surface area contributed by atoms with E-state index in [-0.39, 0.29) is 6.09 Å². The molecule has 1 saturated carbocycles. The van der Waals surface area contributed by atoms with Gasteiger partial charge in [0, 0.05) is 45.1 Å². The fraction of sp³-hybridized carbons (Fsp3) is 0.593. The number of hydrogen-bond acceptors (Lipinski definition) is 4. The van der Waals surface area contributed by atoms with Gasteiger partial charge in [0.25, 0.3) is 0 Å². The number of amides is 1. The van der Waals surface area contributed by atoms with Crippen LogP contribution in [0.2, 0.25) is 0 Å². The second kappa shape index (κ2) is 14.2. The number of halogens is 1. The van der Waals surface area contributed by atoms with E-state index in [0.29, 0.717) is 51.0 Å². The van der Waals surface area contributed by atoms with Gasteiger partial charge in [0.15, 0.2) is 0 Å². The van der Waals surface area contributed by atoms with Crippen LogP contribution in [0.25, 0.3) is 0 Å². The molecular formula is C27H42FN3O2. The molecule has 1 amide bonds. The lowest BCUT2D eigenvalue weighted by Crippen LogP contribution is -2.49. The van der Waals surface area contributed by atoms with Crippen molar-refractivity contribution >= 4 is 6.09 Å². The van der Waals surface area contributed by atoms with Crippen LogP contribution in [-0.4, -0.2) is 73.5 Å². The molecule has 1 aliphatic carbocycles. The van der Waals surface area contributed by atoms with Crippen LogP contribution in [0, 0.1) is 5.92 Å². The molecule has 0 atom stereocenters. The number of nitrogens with zero attached hydrogens (tertiary/aromatic N) is 2. The summed E-state index contributed by atoms with van der Waals surface area (Å²) in [6.45, 7) is 18.9. The van der Waals surface area contributed by atoms with E-state index in [9.17, 15) is 9.18 Å². The number of allylic oxidation sites excluding steroid dienone is 4. The van der Waals surface area contributed by atoms with Crippen molar-refractivity contribution in [3.63, 3.8) is 0 Å². The predicted molar refractivity (Wildman–Crippen MR) is 135 cm³/mol. The van der Waals surface area contributed by atoms with E-state index in [0.717, 1.165) is 45.3 Å². The molecule has 184 valence electrons. The van der Waals surface area contributed by atoms with Gasteiger partial charge in [-0.2, -0.15) is 0 Å². The monoisotopic (exact) mass is 459 g/mol. The molecule has 0 aromatic rings. The first-order chi connectivity index (χ1) is 15.9. The summed E-state index contributed by atoms with van der Waals surface area (Å²) < 4.78 is 20.4. The number of carbonyl (C=O) groups is 1. The lowest BCUT2D eigenvalue weighted by Gasteiger charge is -2.36. The van der Waals surface area contributed by atoms with Gasteiger partial charge < -0.3 is 15.0 Å². The summed E-state index contributed by atoms with van der Waals surface area (Å²) >= 11 is 0. The average Bonchev–Trinajstić information content (AvgIpc) is 3.67. The Balaban J connectivity index is 0.000000890. The van der Waals surface area contributed by atoms with E-state index in [1.54, 1.807) is 23.1 Å². The van der Waals surface area contributed by atoms with E-state index >= 15 is 0 Å². The summed E-state index contributed by atoms with van der Waals surface area (Å²) in [5.41, 5.74) is -0.0115. The Bertz CT molecular complexity index is 679. The fourth-order valence-corrected chi connectivity index (χ4v) is 4.07. The maximum Gasteiger partial charge on any atom is 0.409 e. The zero-order valence-corrected chi connectivity index (χ0v) is 20.2. The van der Waals surface area contributed by atoms with Crippen molar-refractivity contribution in [1.29, 1.82) is 0 Å². The van der Waals surface area contributed by atoms with Gasteiger partial charge in [0.05, 0.1) is 6.61 Å². The van der Waals surface area contributed by atoms with E-state index in [1.807, 2.05) is 12.2 Å². The van der Waals surface area contributed by atoms with E-state index in [4.69, 9.17) is 4.74 Å². The lowest BCUT2D eigenvalue weighted by molar-refractivity contribution is 0.0331. The molecule has 2 saturated heterocycles. The molecule has 3 rings (SSSR count). The number of rotatable bonds is 10. The van der Waals surface area contributed by atoms with Crippen molar-refractivity contribution in [2.75, 3.05) is 45.9 Å². The highest BCUT2D eigenvalue weighted by Gasteiger charge is 2.37. The van der Waals surface area contributed by atoms with Crippen molar-refractivity contribution in [2.24, 2.45) is 5.92 Å². The summed E-state index contributed by atoms with van der Waals surface area (Å²) in [5.74, 6) is 0.401. The summed E-state index contributed by atoms with van der Waals surface area (Å²) in [5, 5.41) is 3.28. The standard InChI is InChI=1S/C23H36FN3O2.C4H6/c1-3-5-19(4-2)16-26-12-8-20(9-13-26)17-29-22(28)27-14-10-23(24,11-15-27)18-25-21-6-7-21;1-3-4-2/h3-5,20-21,25H,1-2,6-18H2;3-4H,1-2H2/b19-5+;. The van der Waals surface area contributed by atoms with Crippen LogP contribution in [-0.2, 0) is 4.74 Å². The third-order valence-corrected chi connectivity index (χ3v) is 6.52. The third-order valence-electron chi connectivity index (χ3n) is 6.52. The minimum absolute atomic E-state index is 0.285. The van der Waals surface area contributed by atoms with Crippen LogP contribution < -0.4 is 5.32 Å². The minimum atomic E-state index is -1.18. The molecule has 0 aromatic carbocycles. The van der Waals surface area contributed by atoms with Crippen molar-refractivity contribution in [3.8, 4) is 0 Å². The Hall–Kier alpha value is -2.18. The molecule has 3 aliphatic rings. The third kappa shape index (κ3) is 10.1. The quantitative estimate of drug-likeness (QED) is 0.465. The second-order valence-electron chi connectivity index (χ2n) is 9.24. The average molecular weight is 460 g/mol. The molecule has 0 bridgehead atoms. The highest BCUT2D eigenvalue weighted by atomic mass is 19.1. The fourth-order valence-electron chi connectivity index (χ4n) is 4.07. The van der Waals surface area contributed by atoms with Gasteiger partial charge in [0.1, 0.15) is 5.67 Å². The maximum atomic E-state index is 14.8. The molecule has 0 radical (unpaired) electrons. The van der Waals surface area contributed by atoms with Gasteiger partial charge in [0.2, 0.25) is 0 Å². The molecule has 5 nitrogen and oxygen atoms in total. The lowest BCUT2D eigenvalue weighted by atomic mass is 9.93. The Morgan fingerprint density at radius 1 is 1.00 bits per heavy atom. The van der Waals surface area contributed by atoms with Crippen LogP contribution in [0.1, 0.15) is 38.5 Å². The highest BCUT2D eigenvalue weighted by Crippen LogP contribution is 2.28. The van der Waals surface area contributed by atoms with Crippen molar-refractivity contribution in [2.45, 2.75) is 50.2 Å². The number of ether oxygens (including phenoxy) is 1. The summed E-state index contributed by atoms with van der Waals surface area (Å²) in [6.07, 6.45) is 13.8. The summed E-state index contributed by atoms with van der Waals surface area (Å²) in [6, 6.07) is 0.512. The van der Waals surface area contributed by atoms with Crippen molar-refractivity contribution < 1.29 is 13.9 Å². The number of alkyl halides is 1. The van der Waals surface area contributed by atoms with Gasteiger partial charge in [-0.1, -0.05) is 56.7 Å². The largest absolute Gasteiger partial charge is 0.449 e. The van der Waals surface area contributed by atoms with Crippen LogP contribution in [0.15, 0.2) is 62.3 Å². The molecule has 2 heterocycles. The van der Waals surface area contributed by atoms with Crippen LogP contribution >= 0.6 is 0 Å². The Morgan fingerprint density at radius 2 is 1.64 bits per heavy atom. The summed E-state index contributed by atoms with van der Waals surface area (Å²) in [7, 11) is 0. The van der Waals surface area contributed by atoms with Gasteiger partial charge in [-0.05, 0) is 50.3 Å². The normalized spacial score (nSPS) is 21.4. The van der Waals surface area contributed by atoms with E-state index < -0.39 is 5.67 Å². The van der Waals surface area contributed by atoms with E-state index in [2.05, 4.69) is 36.5 Å². The zero-order chi connectivity index (χ0) is 24.1. The van der Waals surface area contributed by atoms with Crippen LogP contribution in [0.4, 0.5) is 9.18 Å². The first-order valence-electron chi connectivity index (χ1n) is 12.2. The number of carbonyl (C=O) groups excluding carboxylic acids is 1. The molecule has 0 unspecified atom stereocenters.